The second kappa shape index (κ2) is 11.7. The molecule has 9 nitrogen and oxygen atoms in total. The van der Waals surface area contributed by atoms with E-state index in [-0.39, 0.29) is 18.4 Å². The smallest absolute Gasteiger partial charge is 0.475 e. The van der Waals surface area contributed by atoms with Crippen molar-refractivity contribution in [1.82, 2.24) is 10.8 Å². The summed E-state index contributed by atoms with van der Waals surface area (Å²) in [6, 6.07) is 5.60. The molecule has 2 amide bonds. The fourth-order valence-corrected chi connectivity index (χ4v) is 3.19. The van der Waals surface area contributed by atoms with Gasteiger partial charge >= 0.3 is 12.1 Å². The second-order valence-electron chi connectivity index (χ2n) is 8.15. The van der Waals surface area contributed by atoms with E-state index in [1.165, 1.54) is 0 Å². The third-order valence-electron chi connectivity index (χ3n) is 5.58. The minimum atomic E-state index is -5.08. The zero-order valence-corrected chi connectivity index (χ0v) is 18.4. The Morgan fingerprint density at radius 1 is 1.17 bits per heavy atom. The Kier molecular flexibility index (Phi) is 9.25. The summed E-state index contributed by atoms with van der Waals surface area (Å²) in [5.74, 6) is 8.06. The first-order chi connectivity index (χ1) is 16.4. The molecule has 2 saturated carbocycles. The number of aliphatic hydroxyl groups is 1. The highest BCUT2D eigenvalue weighted by molar-refractivity contribution is 5.98. The molecule has 2 aliphatic rings. The van der Waals surface area contributed by atoms with Gasteiger partial charge in [-0.2, -0.15) is 13.2 Å². The lowest BCUT2D eigenvalue weighted by molar-refractivity contribution is -0.192. The van der Waals surface area contributed by atoms with Crippen LogP contribution in [0.15, 0.2) is 24.3 Å². The molecule has 1 aromatic carbocycles. The average Bonchev–Trinajstić information content (AvgIpc) is 3.57. The maximum absolute atomic E-state index is 12.5. The summed E-state index contributed by atoms with van der Waals surface area (Å²) in [6.45, 7) is 0.169. The third-order valence-corrected chi connectivity index (χ3v) is 5.58. The molecule has 188 valence electrons. The monoisotopic (exact) mass is 495 g/mol. The summed E-state index contributed by atoms with van der Waals surface area (Å²) in [4.78, 5) is 33.3. The number of hydrogen-bond donors (Lipinski definition) is 6. The van der Waals surface area contributed by atoms with Crippen molar-refractivity contribution in [3.63, 3.8) is 0 Å². The lowest BCUT2D eigenvalue weighted by Crippen LogP contribution is -2.67. The number of carboxylic acid groups (broad SMARTS) is 1. The van der Waals surface area contributed by atoms with Crippen LogP contribution in [-0.2, 0) is 9.59 Å². The van der Waals surface area contributed by atoms with Crippen molar-refractivity contribution < 1.29 is 43.0 Å². The molecule has 1 aromatic rings. The number of aliphatic hydroxyl groups excluding tert-OH is 1. The van der Waals surface area contributed by atoms with Crippen LogP contribution in [0.1, 0.15) is 41.6 Å². The predicted octanol–water partition coefficient (Wildman–Crippen LogP) is 0.788. The van der Waals surface area contributed by atoms with E-state index < -0.39 is 35.5 Å². The van der Waals surface area contributed by atoms with Crippen molar-refractivity contribution in [3.05, 3.63) is 35.4 Å². The van der Waals surface area contributed by atoms with Crippen molar-refractivity contribution in [3.8, 4) is 23.7 Å². The lowest BCUT2D eigenvalue weighted by atomic mass is 9.72. The van der Waals surface area contributed by atoms with Gasteiger partial charge in [-0.15, -0.1) is 0 Å². The summed E-state index contributed by atoms with van der Waals surface area (Å²) < 4.78 is 31.7. The van der Waals surface area contributed by atoms with E-state index in [0.29, 0.717) is 24.0 Å². The lowest BCUT2D eigenvalue weighted by Gasteiger charge is -2.43. The summed E-state index contributed by atoms with van der Waals surface area (Å²) in [6.07, 6.45) is -2.09. The van der Waals surface area contributed by atoms with Gasteiger partial charge in [-0.05, 0) is 67.7 Å². The zero-order valence-electron chi connectivity index (χ0n) is 18.4. The van der Waals surface area contributed by atoms with Gasteiger partial charge in [0.05, 0.1) is 0 Å². The molecule has 2 aliphatic carbocycles. The van der Waals surface area contributed by atoms with Crippen molar-refractivity contribution in [1.29, 1.82) is 0 Å². The predicted molar refractivity (Wildman–Crippen MR) is 115 cm³/mol. The van der Waals surface area contributed by atoms with Gasteiger partial charge in [0.2, 0.25) is 0 Å². The molecule has 7 N–H and O–H groups in total. The fourth-order valence-electron chi connectivity index (χ4n) is 3.19. The number of aliphatic carboxylic acids is 1. The molecule has 0 aliphatic heterocycles. The highest BCUT2D eigenvalue weighted by atomic mass is 19.4. The number of benzene rings is 1. The number of alkyl halides is 3. The first-order valence-electron chi connectivity index (χ1n) is 10.5. The normalized spacial score (nSPS) is 20.1. The Balaban J connectivity index is 0.000000540. The van der Waals surface area contributed by atoms with Gasteiger partial charge in [-0.25, -0.2) is 10.3 Å². The molecule has 0 aromatic heterocycles. The van der Waals surface area contributed by atoms with Crippen LogP contribution in [-0.4, -0.2) is 57.6 Å². The van der Waals surface area contributed by atoms with Crippen LogP contribution >= 0.6 is 0 Å². The van der Waals surface area contributed by atoms with E-state index in [9.17, 15) is 22.8 Å². The van der Waals surface area contributed by atoms with Crippen LogP contribution in [0.4, 0.5) is 13.2 Å². The zero-order chi connectivity index (χ0) is 26.2. The third kappa shape index (κ3) is 8.00. The standard InChI is InChI=1S/C21H23N3O4.C2HF3O2/c22-21(10-3-11-21)18(20(27)24-28)23-19(26)15-8-6-14(7-9-15)4-1-2-5-16-12-17(16)13-25;3-2(4,5)1(6)7/h6-9,16-18,25,28H,3,10-13,22H2,(H,23,26)(H,24,27);(H,6,7)/t16?,17?,18-;/m1./s1. The Hall–Kier alpha value is -3.58. The number of carboxylic acids is 1. The molecule has 2 fully saturated rings. The minimum Gasteiger partial charge on any atom is -0.475 e. The summed E-state index contributed by atoms with van der Waals surface area (Å²) in [7, 11) is 0. The summed E-state index contributed by atoms with van der Waals surface area (Å²) in [5.41, 5.74) is 7.95. The average molecular weight is 495 g/mol. The van der Waals surface area contributed by atoms with E-state index in [0.717, 1.165) is 12.8 Å². The molecule has 35 heavy (non-hydrogen) atoms. The summed E-state index contributed by atoms with van der Waals surface area (Å²) >= 11 is 0. The van der Waals surface area contributed by atoms with Gasteiger partial charge in [-0.1, -0.05) is 11.8 Å². The number of amides is 2. The molecule has 0 radical (unpaired) electrons. The number of halogens is 3. The molecule has 0 heterocycles. The molecule has 0 bridgehead atoms. The van der Waals surface area contributed by atoms with E-state index in [2.05, 4.69) is 29.0 Å². The van der Waals surface area contributed by atoms with E-state index in [4.69, 9.17) is 25.9 Å². The van der Waals surface area contributed by atoms with Crippen LogP contribution in [0.5, 0.6) is 0 Å². The fraction of sp³-hybridized carbons (Fsp3) is 0.435. The van der Waals surface area contributed by atoms with Gasteiger partial charge in [0.1, 0.15) is 6.04 Å². The van der Waals surface area contributed by atoms with Crippen molar-refractivity contribution >= 4 is 17.8 Å². The molecule has 3 atom stereocenters. The topological polar surface area (TPSA) is 162 Å². The second-order valence-corrected chi connectivity index (χ2v) is 8.15. The first kappa shape index (κ1) is 27.7. The van der Waals surface area contributed by atoms with Gasteiger partial charge < -0.3 is 21.3 Å². The highest BCUT2D eigenvalue weighted by Gasteiger charge is 2.45. The summed E-state index contributed by atoms with van der Waals surface area (Å²) in [5, 5.41) is 27.6. The van der Waals surface area contributed by atoms with Gasteiger partial charge in [0, 0.05) is 29.2 Å². The van der Waals surface area contributed by atoms with Crippen molar-refractivity contribution in [2.75, 3.05) is 6.61 Å². The number of nitrogens with one attached hydrogen (secondary N) is 2. The maximum Gasteiger partial charge on any atom is 0.490 e. The maximum atomic E-state index is 12.5. The number of rotatable bonds is 5. The van der Waals surface area contributed by atoms with Crippen LogP contribution < -0.4 is 16.5 Å². The van der Waals surface area contributed by atoms with Gasteiger partial charge in [0.15, 0.2) is 0 Å². The Bertz CT molecular complexity index is 1060. The Morgan fingerprint density at radius 2 is 1.77 bits per heavy atom. The SMILES string of the molecule is NC1([C@H](NC(=O)c2ccc(C#CC#CC3CC3CO)cc2)C(=O)NO)CCC1.O=C(O)C(F)(F)F. The van der Waals surface area contributed by atoms with Crippen LogP contribution in [0.3, 0.4) is 0 Å². The van der Waals surface area contributed by atoms with Crippen molar-refractivity contribution in [2.45, 2.75) is 43.4 Å². The Morgan fingerprint density at radius 3 is 2.20 bits per heavy atom. The molecule has 3 rings (SSSR count). The minimum absolute atomic E-state index is 0.169. The number of carbonyl (C=O) groups is 3. The van der Waals surface area contributed by atoms with Crippen molar-refractivity contribution in [2.24, 2.45) is 17.6 Å². The largest absolute Gasteiger partial charge is 0.490 e. The van der Waals surface area contributed by atoms with Gasteiger partial charge in [-0.3, -0.25) is 14.8 Å². The quantitative estimate of drug-likeness (QED) is 0.200. The highest BCUT2D eigenvalue weighted by Crippen LogP contribution is 2.36. The van der Waals surface area contributed by atoms with E-state index in [1.54, 1.807) is 29.7 Å². The van der Waals surface area contributed by atoms with E-state index >= 15 is 0 Å². The molecular weight excluding hydrogens is 471 g/mol. The van der Waals surface area contributed by atoms with Crippen LogP contribution in [0.25, 0.3) is 0 Å². The molecule has 0 saturated heterocycles. The van der Waals surface area contributed by atoms with Crippen LogP contribution in [0, 0.1) is 35.5 Å². The molecule has 2 unspecified atom stereocenters. The van der Waals surface area contributed by atoms with E-state index in [1.807, 2.05) is 0 Å². The van der Waals surface area contributed by atoms with Gasteiger partial charge in [0.25, 0.3) is 11.8 Å². The Labute approximate surface area is 198 Å². The number of nitrogens with two attached hydrogens (primary N) is 1. The molecular formula is C23H24F3N3O6. The number of carbonyl (C=O) groups excluding carboxylic acids is 2. The van der Waals surface area contributed by atoms with Crippen LogP contribution in [0.2, 0.25) is 0 Å². The molecule has 0 spiro atoms. The molecule has 12 heteroatoms. The number of hydroxylamine groups is 1. The first-order valence-corrected chi connectivity index (χ1v) is 10.5. The number of hydrogen-bond acceptors (Lipinski definition) is 6.